The van der Waals surface area contributed by atoms with Gasteiger partial charge in [-0.25, -0.2) is 0 Å². The molecule has 0 aromatic heterocycles. The number of nitrogens with zero attached hydrogens (tertiary/aromatic N) is 1. The predicted molar refractivity (Wildman–Crippen MR) is 82.6 cm³/mol. The van der Waals surface area contributed by atoms with Crippen molar-refractivity contribution in [3.05, 3.63) is 29.8 Å². The average molecular weight is 291 g/mol. The molecule has 0 N–H and O–H groups in total. The molecule has 2 rings (SSSR count). The summed E-state index contributed by atoms with van der Waals surface area (Å²) in [6, 6.07) is 7.94. The van der Waals surface area contributed by atoms with Crippen LogP contribution in [0.15, 0.2) is 24.3 Å². The second-order valence-corrected chi connectivity index (χ2v) is 6.07. The zero-order valence-electron chi connectivity index (χ0n) is 13.3. The van der Waals surface area contributed by atoms with Crippen LogP contribution in [0, 0.1) is 0 Å². The van der Waals surface area contributed by atoms with Gasteiger partial charge in [0.15, 0.2) is 6.61 Å². The second-order valence-electron chi connectivity index (χ2n) is 6.07. The van der Waals surface area contributed by atoms with E-state index in [9.17, 15) is 4.79 Å². The van der Waals surface area contributed by atoms with E-state index in [0.29, 0.717) is 19.0 Å². The van der Waals surface area contributed by atoms with Crippen molar-refractivity contribution in [2.75, 3.05) is 19.7 Å². The molecule has 1 aromatic rings. The molecule has 4 nitrogen and oxygen atoms in total. The van der Waals surface area contributed by atoms with Gasteiger partial charge in [-0.3, -0.25) is 4.79 Å². The summed E-state index contributed by atoms with van der Waals surface area (Å²) < 4.78 is 11.2. The SMILES string of the molecule is CC(C)c1ccc(OCC(=O)N2C[C@@H](C)O[C@H](C)C2)cc1. The highest BCUT2D eigenvalue weighted by atomic mass is 16.5. The number of hydrogen-bond donors (Lipinski definition) is 0. The molecule has 1 aromatic carbocycles. The first kappa shape index (κ1) is 15.8. The van der Waals surface area contributed by atoms with E-state index < -0.39 is 0 Å². The van der Waals surface area contributed by atoms with Crippen LogP contribution in [-0.4, -0.2) is 42.7 Å². The van der Waals surface area contributed by atoms with Gasteiger partial charge in [-0.2, -0.15) is 0 Å². The van der Waals surface area contributed by atoms with Crippen LogP contribution >= 0.6 is 0 Å². The van der Waals surface area contributed by atoms with Crippen molar-refractivity contribution in [1.82, 2.24) is 4.90 Å². The molecule has 1 saturated heterocycles. The molecule has 1 aliphatic heterocycles. The molecule has 0 saturated carbocycles. The maximum absolute atomic E-state index is 12.2. The first-order chi connectivity index (χ1) is 9.95. The first-order valence-electron chi connectivity index (χ1n) is 7.61. The van der Waals surface area contributed by atoms with E-state index in [1.165, 1.54) is 5.56 Å². The molecule has 0 aliphatic carbocycles. The third kappa shape index (κ3) is 4.46. The van der Waals surface area contributed by atoms with E-state index in [1.54, 1.807) is 0 Å². The number of carbonyl (C=O) groups excluding carboxylic acids is 1. The molecule has 4 heteroatoms. The number of benzene rings is 1. The average Bonchev–Trinajstić information content (AvgIpc) is 2.44. The Balaban J connectivity index is 1.86. The molecule has 1 aliphatic rings. The normalized spacial score (nSPS) is 22.4. The predicted octanol–water partition coefficient (Wildman–Crippen LogP) is 2.82. The van der Waals surface area contributed by atoms with Gasteiger partial charge in [0.2, 0.25) is 0 Å². The standard InChI is InChI=1S/C17H25NO3/c1-12(2)15-5-7-16(8-6-15)20-11-17(19)18-9-13(3)21-14(4)10-18/h5-8,12-14H,9-11H2,1-4H3/t13-,14-/m1/s1. The zero-order chi connectivity index (χ0) is 15.4. The van der Waals surface area contributed by atoms with Crippen molar-refractivity contribution in [2.24, 2.45) is 0 Å². The summed E-state index contributed by atoms with van der Waals surface area (Å²) in [4.78, 5) is 14.0. The number of ether oxygens (including phenoxy) is 2. The van der Waals surface area contributed by atoms with Crippen molar-refractivity contribution in [3.63, 3.8) is 0 Å². The molecule has 116 valence electrons. The van der Waals surface area contributed by atoms with E-state index in [4.69, 9.17) is 9.47 Å². The molecule has 0 radical (unpaired) electrons. The minimum Gasteiger partial charge on any atom is -0.484 e. The molecule has 0 unspecified atom stereocenters. The number of carbonyl (C=O) groups is 1. The number of amides is 1. The van der Waals surface area contributed by atoms with Crippen LogP contribution < -0.4 is 4.74 Å². The summed E-state index contributed by atoms with van der Waals surface area (Å²) in [5, 5.41) is 0. The van der Waals surface area contributed by atoms with Crippen LogP contribution in [-0.2, 0) is 9.53 Å². The highest BCUT2D eigenvalue weighted by Gasteiger charge is 2.25. The fourth-order valence-electron chi connectivity index (χ4n) is 2.57. The van der Waals surface area contributed by atoms with E-state index in [0.717, 1.165) is 5.75 Å². The van der Waals surface area contributed by atoms with Gasteiger partial charge in [0.05, 0.1) is 12.2 Å². The Morgan fingerprint density at radius 2 is 1.81 bits per heavy atom. The number of rotatable bonds is 4. The van der Waals surface area contributed by atoms with Crippen LogP contribution in [0.3, 0.4) is 0 Å². The summed E-state index contributed by atoms with van der Waals surface area (Å²) in [5.41, 5.74) is 1.27. The van der Waals surface area contributed by atoms with Gasteiger partial charge < -0.3 is 14.4 Å². The topological polar surface area (TPSA) is 38.8 Å². The quantitative estimate of drug-likeness (QED) is 0.856. The summed E-state index contributed by atoms with van der Waals surface area (Å²) in [6.45, 7) is 9.64. The van der Waals surface area contributed by atoms with Crippen LogP contribution in [0.25, 0.3) is 0 Å². The van der Waals surface area contributed by atoms with Gasteiger partial charge in [-0.1, -0.05) is 26.0 Å². The molecule has 1 heterocycles. The maximum Gasteiger partial charge on any atom is 0.260 e. The second kappa shape index (κ2) is 6.94. The highest BCUT2D eigenvalue weighted by Crippen LogP contribution is 2.19. The first-order valence-corrected chi connectivity index (χ1v) is 7.61. The molecular weight excluding hydrogens is 266 g/mol. The highest BCUT2D eigenvalue weighted by molar-refractivity contribution is 5.78. The molecule has 1 fully saturated rings. The fourth-order valence-corrected chi connectivity index (χ4v) is 2.57. The van der Waals surface area contributed by atoms with E-state index in [2.05, 4.69) is 13.8 Å². The molecule has 21 heavy (non-hydrogen) atoms. The summed E-state index contributed by atoms with van der Waals surface area (Å²) >= 11 is 0. The van der Waals surface area contributed by atoms with Crippen molar-refractivity contribution < 1.29 is 14.3 Å². The van der Waals surface area contributed by atoms with Gasteiger partial charge in [0.1, 0.15) is 5.75 Å². The van der Waals surface area contributed by atoms with Crippen LogP contribution in [0.1, 0.15) is 39.2 Å². The third-order valence-corrected chi connectivity index (χ3v) is 3.68. The Morgan fingerprint density at radius 3 is 2.33 bits per heavy atom. The van der Waals surface area contributed by atoms with Crippen molar-refractivity contribution in [2.45, 2.75) is 45.8 Å². The lowest BCUT2D eigenvalue weighted by Crippen LogP contribution is -2.49. The minimum absolute atomic E-state index is 0.0185. The van der Waals surface area contributed by atoms with Gasteiger partial charge in [0, 0.05) is 13.1 Å². The van der Waals surface area contributed by atoms with E-state index >= 15 is 0 Å². The fraction of sp³-hybridized carbons (Fsp3) is 0.588. The van der Waals surface area contributed by atoms with Gasteiger partial charge in [0.25, 0.3) is 5.91 Å². The third-order valence-electron chi connectivity index (χ3n) is 3.68. The Bertz CT molecular complexity index is 459. The Hall–Kier alpha value is -1.55. The lowest BCUT2D eigenvalue weighted by Gasteiger charge is -2.35. The Labute approximate surface area is 127 Å². The van der Waals surface area contributed by atoms with Crippen LogP contribution in [0.4, 0.5) is 0 Å². The van der Waals surface area contributed by atoms with Gasteiger partial charge in [-0.15, -0.1) is 0 Å². The Morgan fingerprint density at radius 1 is 1.24 bits per heavy atom. The minimum atomic E-state index is 0.0185. The molecule has 2 atom stereocenters. The van der Waals surface area contributed by atoms with Gasteiger partial charge >= 0.3 is 0 Å². The molecule has 0 bridgehead atoms. The van der Waals surface area contributed by atoms with Crippen molar-refractivity contribution in [1.29, 1.82) is 0 Å². The number of morpholine rings is 1. The zero-order valence-corrected chi connectivity index (χ0v) is 13.3. The van der Waals surface area contributed by atoms with Crippen molar-refractivity contribution in [3.8, 4) is 5.75 Å². The van der Waals surface area contributed by atoms with Gasteiger partial charge in [-0.05, 0) is 37.5 Å². The summed E-state index contributed by atoms with van der Waals surface area (Å²) in [7, 11) is 0. The molecule has 1 amide bonds. The van der Waals surface area contributed by atoms with E-state index in [-0.39, 0.29) is 24.7 Å². The summed E-state index contributed by atoms with van der Waals surface area (Å²) in [5.74, 6) is 1.25. The smallest absolute Gasteiger partial charge is 0.260 e. The largest absolute Gasteiger partial charge is 0.484 e. The maximum atomic E-state index is 12.2. The monoisotopic (exact) mass is 291 g/mol. The summed E-state index contributed by atoms with van der Waals surface area (Å²) in [6.07, 6.45) is 0.172. The van der Waals surface area contributed by atoms with Crippen LogP contribution in [0.2, 0.25) is 0 Å². The lowest BCUT2D eigenvalue weighted by molar-refractivity contribution is -0.145. The molecule has 0 spiro atoms. The van der Waals surface area contributed by atoms with E-state index in [1.807, 2.05) is 43.0 Å². The number of hydrogen-bond acceptors (Lipinski definition) is 3. The Kier molecular flexibility index (Phi) is 5.23. The lowest BCUT2D eigenvalue weighted by atomic mass is 10.0. The molecular formula is C17H25NO3. The van der Waals surface area contributed by atoms with Crippen LogP contribution in [0.5, 0.6) is 5.75 Å². The van der Waals surface area contributed by atoms with Crippen molar-refractivity contribution >= 4 is 5.91 Å².